The number of hydrogen-bond donors (Lipinski definition) is 0. The van der Waals surface area contributed by atoms with E-state index in [1.54, 1.807) is 18.2 Å². The van der Waals surface area contributed by atoms with Crippen molar-refractivity contribution in [1.82, 2.24) is 9.80 Å². The van der Waals surface area contributed by atoms with E-state index < -0.39 is 42.7 Å². The number of esters is 1. The van der Waals surface area contributed by atoms with Crippen molar-refractivity contribution in [2.45, 2.75) is 13.8 Å². The molecule has 10 nitrogen and oxygen atoms in total. The van der Waals surface area contributed by atoms with Gasteiger partial charge in [-0.05, 0) is 74.5 Å². The molecule has 0 unspecified atom stereocenters. The minimum absolute atomic E-state index is 0.0660. The fourth-order valence-corrected chi connectivity index (χ4v) is 6.17. The molecule has 0 saturated heterocycles. The van der Waals surface area contributed by atoms with Crippen LogP contribution in [0.25, 0.3) is 10.8 Å². The minimum Gasteiger partial charge on any atom is -0.425 e. The second kappa shape index (κ2) is 11.7. The van der Waals surface area contributed by atoms with E-state index in [1.165, 1.54) is 24.3 Å². The molecule has 2 heterocycles. The summed E-state index contributed by atoms with van der Waals surface area (Å²) in [5, 5.41) is 0.340. The lowest BCUT2D eigenvalue weighted by Crippen LogP contribution is -2.45. The molecule has 0 fully saturated rings. The van der Waals surface area contributed by atoms with Crippen LogP contribution in [0, 0.1) is 13.8 Å². The van der Waals surface area contributed by atoms with Gasteiger partial charge in [0.2, 0.25) is 0 Å². The highest BCUT2D eigenvalue weighted by Crippen LogP contribution is 2.39. The van der Waals surface area contributed by atoms with E-state index in [1.807, 2.05) is 73.3 Å². The molecule has 0 radical (unpaired) electrons. The van der Waals surface area contributed by atoms with E-state index in [2.05, 4.69) is 0 Å². The number of nitrogens with zero attached hydrogens (tertiary/aromatic N) is 3. The maximum atomic E-state index is 13.6. The molecule has 0 aromatic heterocycles. The summed E-state index contributed by atoms with van der Waals surface area (Å²) in [5.41, 5.74) is 5.08. The first-order valence-electron chi connectivity index (χ1n) is 15.2. The number of carbonyl (C=O) groups excluding carboxylic acids is 6. The molecule has 2 aliphatic rings. The molecule has 0 atom stereocenters. The van der Waals surface area contributed by atoms with Gasteiger partial charge in [0.15, 0.2) is 0 Å². The Morgan fingerprint density at radius 1 is 0.625 bits per heavy atom. The van der Waals surface area contributed by atoms with Crippen LogP contribution in [0.5, 0.6) is 5.75 Å². The van der Waals surface area contributed by atoms with Crippen molar-refractivity contribution in [3.8, 4) is 5.75 Å². The number of aldehydes is 1. The number of anilines is 3. The summed E-state index contributed by atoms with van der Waals surface area (Å²) in [6, 6.07) is 28.6. The average molecular weight is 638 g/mol. The van der Waals surface area contributed by atoms with E-state index in [9.17, 15) is 28.8 Å². The molecular formula is C38H27N3O7. The Bertz CT molecular complexity index is 2090. The lowest BCUT2D eigenvalue weighted by atomic mass is 9.86. The predicted molar refractivity (Wildman–Crippen MR) is 177 cm³/mol. The molecule has 0 saturated carbocycles. The third-order valence-corrected chi connectivity index (χ3v) is 8.50. The topological polar surface area (TPSA) is 121 Å². The molecule has 0 N–H and O–H groups in total. The smallest absolute Gasteiger partial charge is 0.331 e. The minimum atomic E-state index is -0.838. The summed E-state index contributed by atoms with van der Waals surface area (Å²) in [7, 11) is 0. The zero-order chi connectivity index (χ0) is 33.7. The number of hydrogen-bond acceptors (Lipinski definition) is 8. The number of amides is 4. The molecule has 236 valence electrons. The van der Waals surface area contributed by atoms with Gasteiger partial charge in [-0.3, -0.25) is 29.0 Å². The summed E-state index contributed by atoms with van der Waals surface area (Å²) in [5.74, 6) is -3.53. The molecule has 48 heavy (non-hydrogen) atoms. The Hall–Kier alpha value is -6.42. The van der Waals surface area contributed by atoms with Gasteiger partial charge < -0.3 is 14.4 Å². The summed E-state index contributed by atoms with van der Waals surface area (Å²) >= 11 is 0. The second-order valence-electron chi connectivity index (χ2n) is 11.6. The third kappa shape index (κ3) is 5.00. The number of benzene rings is 5. The Balaban J connectivity index is 1.16. The number of aryl methyl sites for hydroxylation is 2. The van der Waals surface area contributed by atoms with Crippen LogP contribution in [-0.2, 0) is 9.59 Å². The van der Waals surface area contributed by atoms with Crippen LogP contribution in [0.15, 0.2) is 97.1 Å². The van der Waals surface area contributed by atoms with Crippen molar-refractivity contribution < 1.29 is 33.5 Å². The number of imide groups is 2. The number of carbonyl (C=O) groups is 6. The van der Waals surface area contributed by atoms with Crippen LogP contribution in [0.2, 0.25) is 0 Å². The quantitative estimate of drug-likeness (QED) is 0.0890. The highest BCUT2D eigenvalue weighted by molar-refractivity contribution is 6.33. The lowest BCUT2D eigenvalue weighted by molar-refractivity contribution is -0.134. The highest BCUT2D eigenvalue weighted by Gasteiger charge is 2.40. The van der Waals surface area contributed by atoms with Gasteiger partial charge >= 0.3 is 5.97 Å². The molecule has 7 rings (SSSR count). The van der Waals surface area contributed by atoms with Gasteiger partial charge in [0.25, 0.3) is 23.6 Å². The van der Waals surface area contributed by atoms with Crippen molar-refractivity contribution in [3.05, 3.63) is 130 Å². The number of ether oxygens (including phenoxy) is 1. The highest BCUT2D eigenvalue weighted by atomic mass is 16.5. The van der Waals surface area contributed by atoms with Gasteiger partial charge in [-0.2, -0.15) is 0 Å². The molecular weight excluding hydrogens is 610 g/mol. The van der Waals surface area contributed by atoms with Crippen LogP contribution in [0.1, 0.15) is 52.6 Å². The van der Waals surface area contributed by atoms with E-state index in [4.69, 9.17) is 4.74 Å². The summed E-state index contributed by atoms with van der Waals surface area (Å²) in [6.07, 6.45) is 0.453. The Morgan fingerprint density at radius 2 is 1.08 bits per heavy atom. The monoisotopic (exact) mass is 637 g/mol. The van der Waals surface area contributed by atoms with Crippen LogP contribution in [-0.4, -0.2) is 58.8 Å². The third-order valence-electron chi connectivity index (χ3n) is 8.50. The van der Waals surface area contributed by atoms with E-state index in [0.29, 0.717) is 6.29 Å². The fourth-order valence-electron chi connectivity index (χ4n) is 6.17. The van der Waals surface area contributed by atoms with Crippen molar-refractivity contribution >= 4 is 63.7 Å². The zero-order valence-corrected chi connectivity index (χ0v) is 25.9. The van der Waals surface area contributed by atoms with Crippen LogP contribution < -0.4 is 9.64 Å². The lowest BCUT2D eigenvalue weighted by Gasteiger charge is -2.31. The van der Waals surface area contributed by atoms with Crippen molar-refractivity contribution in [1.29, 1.82) is 0 Å². The van der Waals surface area contributed by atoms with Gasteiger partial charge in [0.05, 0.1) is 6.54 Å². The Labute approximate surface area is 274 Å². The van der Waals surface area contributed by atoms with Crippen molar-refractivity contribution in [2.75, 3.05) is 18.0 Å². The van der Waals surface area contributed by atoms with Crippen molar-refractivity contribution in [2.24, 2.45) is 0 Å². The van der Waals surface area contributed by atoms with Gasteiger partial charge in [-0.15, -0.1) is 0 Å². The molecule has 2 aliphatic heterocycles. The molecule has 5 aromatic rings. The maximum absolute atomic E-state index is 13.6. The molecule has 4 amide bonds. The molecule has 0 aliphatic carbocycles. The van der Waals surface area contributed by atoms with E-state index in [-0.39, 0.29) is 38.8 Å². The fraction of sp³-hybridized carbons (Fsp3) is 0.105. The average Bonchev–Trinajstić information content (AvgIpc) is 3.08. The Morgan fingerprint density at radius 3 is 1.54 bits per heavy atom. The van der Waals surface area contributed by atoms with Crippen molar-refractivity contribution in [3.63, 3.8) is 0 Å². The van der Waals surface area contributed by atoms with Gasteiger partial charge in [0.1, 0.15) is 18.6 Å². The molecule has 10 heteroatoms. The van der Waals surface area contributed by atoms with E-state index >= 15 is 0 Å². The maximum Gasteiger partial charge on any atom is 0.331 e. The molecule has 5 aromatic carbocycles. The predicted octanol–water partition coefficient (Wildman–Crippen LogP) is 5.92. The number of rotatable bonds is 8. The standard InChI is InChI=1S/C38H27N3O7/c1-22-6-10-24(11-7-22)41(25-12-8-23(2)9-13-25)26-4-3-5-27(20-26)48-32(43)21-40-37(46)30-16-14-28-33-29(15-17-31(34(30)33)38(40)47)36(45)39(18-19-42)35(28)44/h3-17,19-20H,18,21H2,1-2H3. The first-order chi connectivity index (χ1) is 23.2. The van der Waals surface area contributed by atoms with E-state index in [0.717, 1.165) is 38.0 Å². The molecule has 0 bridgehead atoms. The van der Waals surface area contributed by atoms with Gasteiger partial charge in [-0.1, -0.05) is 41.5 Å². The second-order valence-corrected chi connectivity index (χ2v) is 11.6. The normalized spacial score (nSPS) is 13.6. The van der Waals surface area contributed by atoms with Crippen LogP contribution in [0.4, 0.5) is 17.1 Å². The zero-order valence-electron chi connectivity index (χ0n) is 25.9. The Kier molecular flexibility index (Phi) is 7.40. The van der Waals surface area contributed by atoms with Gasteiger partial charge in [-0.25, -0.2) is 4.79 Å². The van der Waals surface area contributed by atoms with Crippen LogP contribution in [0.3, 0.4) is 0 Å². The summed E-state index contributed by atoms with van der Waals surface area (Å²) in [6.45, 7) is 2.93. The first-order valence-corrected chi connectivity index (χ1v) is 15.2. The largest absolute Gasteiger partial charge is 0.425 e. The molecule has 0 spiro atoms. The summed E-state index contributed by atoms with van der Waals surface area (Å²) < 4.78 is 5.67. The summed E-state index contributed by atoms with van der Waals surface area (Å²) in [4.78, 5) is 81.3. The SMILES string of the molecule is Cc1ccc(N(c2ccc(C)cc2)c2cccc(OC(=O)CN3C(=O)c4ccc5c6c(ccc(c46)C3=O)C(=O)N(CC=O)C5=O)c2)cc1. The first kappa shape index (κ1) is 30.2. The van der Waals surface area contributed by atoms with Crippen LogP contribution >= 0.6 is 0 Å². The van der Waals surface area contributed by atoms with Gasteiger partial charge in [0, 0.05) is 56.2 Å².